The Kier molecular flexibility index (Phi) is 4.83. The van der Waals surface area contributed by atoms with E-state index in [-0.39, 0.29) is 18.2 Å². The number of halogens is 2. The highest BCUT2D eigenvalue weighted by atomic mass is 32.2. The molecule has 0 saturated heterocycles. The summed E-state index contributed by atoms with van der Waals surface area (Å²) in [6.07, 6.45) is 4.01. The van der Waals surface area contributed by atoms with Crippen molar-refractivity contribution in [2.45, 2.75) is 37.5 Å². The van der Waals surface area contributed by atoms with E-state index in [0.29, 0.717) is 5.92 Å². The SMILES string of the molecule is CC1CCC(CNS(=O)(=O)c2cc(N)cc(F)c2F)CC1. The van der Waals surface area contributed by atoms with Gasteiger partial charge in [-0.25, -0.2) is 21.9 Å². The molecule has 1 aromatic rings. The standard InChI is InChI=1S/C14H20F2N2O2S/c1-9-2-4-10(5-3-9)8-18-21(19,20)13-7-11(17)6-12(15)14(13)16/h6-7,9-10,18H,2-5,8,17H2,1H3. The largest absolute Gasteiger partial charge is 0.399 e. The number of rotatable bonds is 4. The maximum atomic E-state index is 13.6. The van der Waals surface area contributed by atoms with Crippen molar-refractivity contribution in [2.75, 3.05) is 12.3 Å². The molecule has 0 bridgehead atoms. The van der Waals surface area contributed by atoms with Gasteiger partial charge in [0.25, 0.3) is 0 Å². The van der Waals surface area contributed by atoms with E-state index < -0.39 is 26.6 Å². The number of hydrogen-bond donors (Lipinski definition) is 2. The molecule has 0 atom stereocenters. The lowest BCUT2D eigenvalue weighted by molar-refractivity contribution is 0.290. The van der Waals surface area contributed by atoms with E-state index in [1.54, 1.807) is 0 Å². The number of nitrogen functional groups attached to an aromatic ring is 1. The van der Waals surface area contributed by atoms with Gasteiger partial charge in [-0.1, -0.05) is 19.8 Å². The molecule has 2 rings (SSSR count). The molecule has 0 aliphatic heterocycles. The third-order valence-electron chi connectivity index (χ3n) is 4.00. The molecular weight excluding hydrogens is 298 g/mol. The van der Waals surface area contributed by atoms with Crippen molar-refractivity contribution in [2.24, 2.45) is 11.8 Å². The fourth-order valence-corrected chi connectivity index (χ4v) is 3.85. The fourth-order valence-electron chi connectivity index (χ4n) is 2.62. The molecule has 0 radical (unpaired) electrons. The number of benzene rings is 1. The van der Waals surface area contributed by atoms with Crippen molar-refractivity contribution in [3.8, 4) is 0 Å². The predicted molar refractivity (Wildman–Crippen MR) is 77.1 cm³/mol. The van der Waals surface area contributed by atoms with Crippen LogP contribution in [-0.4, -0.2) is 15.0 Å². The predicted octanol–water partition coefficient (Wildman–Crippen LogP) is 2.65. The Hall–Kier alpha value is -1.21. The minimum absolute atomic E-state index is 0.124. The van der Waals surface area contributed by atoms with Crippen LogP contribution in [0.25, 0.3) is 0 Å². The summed E-state index contributed by atoms with van der Waals surface area (Å²) in [5.41, 5.74) is 5.26. The van der Waals surface area contributed by atoms with E-state index in [0.717, 1.165) is 37.8 Å². The smallest absolute Gasteiger partial charge is 0.243 e. The summed E-state index contributed by atoms with van der Waals surface area (Å²) in [6.45, 7) is 2.41. The average Bonchev–Trinajstić information content (AvgIpc) is 2.42. The van der Waals surface area contributed by atoms with Gasteiger partial charge < -0.3 is 5.73 Å². The first kappa shape index (κ1) is 16.2. The Morgan fingerprint density at radius 1 is 1.24 bits per heavy atom. The van der Waals surface area contributed by atoms with E-state index in [2.05, 4.69) is 11.6 Å². The van der Waals surface area contributed by atoms with Crippen LogP contribution in [-0.2, 0) is 10.0 Å². The number of sulfonamides is 1. The van der Waals surface area contributed by atoms with Crippen molar-refractivity contribution in [1.29, 1.82) is 0 Å². The van der Waals surface area contributed by atoms with E-state index >= 15 is 0 Å². The highest BCUT2D eigenvalue weighted by Crippen LogP contribution is 2.28. The van der Waals surface area contributed by atoms with Crippen molar-refractivity contribution < 1.29 is 17.2 Å². The lowest BCUT2D eigenvalue weighted by Crippen LogP contribution is -2.31. The van der Waals surface area contributed by atoms with Crippen LogP contribution < -0.4 is 10.5 Å². The molecule has 0 heterocycles. The van der Waals surface area contributed by atoms with E-state index in [4.69, 9.17) is 5.73 Å². The van der Waals surface area contributed by atoms with Gasteiger partial charge in [-0.3, -0.25) is 0 Å². The van der Waals surface area contributed by atoms with Gasteiger partial charge in [0, 0.05) is 12.2 Å². The quantitative estimate of drug-likeness (QED) is 0.838. The molecular formula is C14H20F2N2O2S. The van der Waals surface area contributed by atoms with Crippen LogP contribution in [0.4, 0.5) is 14.5 Å². The molecule has 0 aromatic heterocycles. The molecule has 1 aliphatic carbocycles. The van der Waals surface area contributed by atoms with Crippen LogP contribution >= 0.6 is 0 Å². The molecule has 1 fully saturated rings. The number of nitrogens with two attached hydrogens (primary N) is 1. The van der Waals surface area contributed by atoms with E-state index in [1.807, 2.05) is 0 Å². The Balaban J connectivity index is 2.09. The molecule has 118 valence electrons. The minimum Gasteiger partial charge on any atom is -0.399 e. The lowest BCUT2D eigenvalue weighted by atomic mass is 9.83. The van der Waals surface area contributed by atoms with Crippen molar-refractivity contribution in [1.82, 2.24) is 4.72 Å². The molecule has 0 unspecified atom stereocenters. The van der Waals surface area contributed by atoms with Gasteiger partial charge in [-0.05, 0) is 36.8 Å². The van der Waals surface area contributed by atoms with Crippen LogP contribution in [0.2, 0.25) is 0 Å². The van der Waals surface area contributed by atoms with Crippen LogP contribution in [0, 0.1) is 23.5 Å². The second-order valence-corrected chi connectivity index (χ2v) is 7.53. The number of nitrogens with one attached hydrogen (secondary N) is 1. The fraction of sp³-hybridized carbons (Fsp3) is 0.571. The van der Waals surface area contributed by atoms with Gasteiger partial charge in [-0.2, -0.15) is 0 Å². The van der Waals surface area contributed by atoms with Crippen LogP contribution in [0.15, 0.2) is 17.0 Å². The van der Waals surface area contributed by atoms with Crippen molar-refractivity contribution >= 4 is 15.7 Å². The lowest BCUT2D eigenvalue weighted by Gasteiger charge is -2.26. The topological polar surface area (TPSA) is 72.2 Å². The molecule has 0 spiro atoms. The average molecular weight is 318 g/mol. The minimum atomic E-state index is -4.09. The highest BCUT2D eigenvalue weighted by Gasteiger charge is 2.25. The first-order valence-corrected chi connectivity index (χ1v) is 8.52. The van der Waals surface area contributed by atoms with Gasteiger partial charge in [0.2, 0.25) is 10.0 Å². The van der Waals surface area contributed by atoms with Gasteiger partial charge in [0.05, 0.1) is 0 Å². The Labute approximate surface area is 123 Å². The first-order valence-electron chi connectivity index (χ1n) is 7.04. The second kappa shape index (κ2) is 6.27. The summed E-state index contributed by atoms with van der Waals surface area (Å²) in [6, 6.07) is 1.70. The van der Waals surface area contributed by atoms with E-state index in [1.165, 1.54) is 0 Å². The van der Waals surface area contributed by atoms with Gasteiger partial charge in [-0.15, -0.1) is 0 Å². The zero-order chi connectivity index (χ0) is 15.6. The molecule has 0 amide bonds. The van der Waals surface area contributed by atoms with E-state index in [9.17, 15) is 17.2 Å². The summed E-state index contributed by atoms with van der Waals surface area (Å²) in [5.74, 6) is -1.75. The maximum Gasteiger partial charge on any atom is 0.243 e. The summed E-state index contributed by atoms with van der Waals surface area (Å²) in [4.78, 5) is -0.732. The monoisotopic (exact) mass is 318 g/mol. The van der Waals surface area contributed by atoms with Crippen LogP contribution in [0.5, 0.6) is 0 Å². The third kappa shape index (κ3) is 3.91. The highest BCUT2D eigenvalue weighted by molar-refractivity contribution is 7.89. The number of anilines is 1. The van der Waals surface area contributed by atoms with Crippen LogP contribution in [0.1, 0.15) is 32.6 Å². The summed E-state index contributed by atoms with van der Waals surface area (Å²) < 4.78 is 53.5. The normalized spacial score (nSPS) is 23.2. The van der Waals surface area contributed by atoms with Gasteiger partial charge in [0.1, 0.15) is 4.90 Å². The molecule has 21 heavy (non-hydrogen) atoms. The Morgan fingerprint density at radius 3 is 2.48 bits per heavy atom. The summed E-state index contributed by atoms with van der Waals surface area (Å²) >= 11 is 0. The summed E-state index contributed by atoms with van der Waals surface area (Å²) in [7, 11) is -4.09. The van der Waals surface area contributed by atoms with Gasteiger partial charge >= 0.3 is 0 Å². The molecule has 7 heteroatoms. The molecule has 4 nitrogen and oxygen atoms in total. The molecule has 1 aliphatic rings. The molecule has 1 saturated carbocycles. The van der Waals surface area contributed by atoms with Crippen molar-refractivity contribution in [3.63, 3.8) is 0 Å². The Morgan fingerprint density at radius 2 is 1.86 bits per heavy atom. The third-order valence-corrected chi connectivity index (χ3v) is 5.43. The maximum absolute atomic E-state index is 13.6. The molecule has 1 aromatic carbocycles. The molecule has 3 N–H and O–H groups in total. The number of hydrogen-bond acceptors (Lipinski definition) is 3. The van der Waals surface area contributed by atoms with Gasteiger partial charge in [0.15, 0.2) is 11.6 Å². The zero-order valence-electron chi connectivity index (χ0n) is 11.9. The Bertz CT molecular complexity index is 612. The first-order chi connectivity index (χ1) is 9.79. The van der Waals surface area contributed by atoms with Crippen LogP contribution in [0.3, 0.4) is 0 Å². The van der Waals surface area contributed by atoms with Crippen molar-refractivity contribution in [3.05, 3.63) is 23.8 Å². The summed E-state index contributed by atoms with van der Waals surface area (Å²) in [5, 5.41) is 0. The zero-order valence-corrected chi connectivity index (χ0v) is 12.7. The second-order valence-electron chi connectivity index (χ2n) is 5.79.